The Morgan fingerprint density at radius 2 is 1.88 bits per heavy atom. The number of halogens is 1. The molecule has 0 radical (unpaired) electrons. The van der Waals surface area contributed by atoms with E-state index >= 15 is 0 Å². The molecule has 8 nitrogen and oxygen atoms in total. The number of carbonyl (C=O) groups excluding carboxylic acids is 2. The maximum Gasteiger partial charge on any atom is 0.270 e. The van der Waals surface area contributed by atoms with Crippen molar-refractivity contribution in [2.24, 2.45) is 11.8 Å². The maximum absolute atomic E-state index is 13.4. The second-order valence-electron chi connectivity index (χ2n) is 8.93. The van der Waals surface area contributed by atoms with Gasteiger partial charge in [-0.1, -0.05) is 13.0 Å². The summed E-state index contributed by atoms with van der Waals surface area (Å²) in [5.74, 6) is -0.970. The predicted octanol–water partition coefficient (Wildman–Crippen LogP) is 3.07. The summed E-state index contributed by atoms with van der Waals surface area (Å²) in [6.07, 6.45) is 4.28. The van der Waals surface area contributed by atoms with Crippen LogP contribution >= 0.6 is 0 Å². The number of nitrogens with one attached hydrogen (secondary N) is 2. The lowest BCUT2D eigenvalue weighted by Crippen LogP contribution is -2.43. The Bertz CT molecular complexity index is 1120. The molecule has 0 bridgehead atoms. The van der Waals surface area contributed by atoms with Crippen molar-refractivity contribution in [2.45, 2.75) is 37.5 Å². The van der Waals surface area contributed by atoms with Crippen molar-refractivity contribution in [3.05, 3.63) is 48.0 Å². The van der Waals surface area contributed by atoms with Gasteiger partial charge in [0.1, 0.15) is 16.4 Å². The molecule has 3 heterocycles. The number of aromatic nitrogens is 1. The number of amides is 2. The molecule has 2 saturated heterocycles. The minimum atomic E-state index is -3.87. The van der Waals surface area contributed by atoms with E-state index in [-0.39, 0.29) is 28.9 Å². The average molecular weight is 477 g/mol. The van der Waals surface area contributed by atoms with Crippen molar-refractivity contribution < 1.29 is 22.4 Å². The third-order valence-electron chi connectivity index (χ3n) is 6.44. The molecule has 2 aromatic rings. The van der Waals surface area contributed by atoms with E-state index in [0.29, 0.717) is 44.1 Å². The lowest BCUT2D eigenvalue weighted by molar-refractivity contribution is -0.120. The highest BCUT2D eigenvalue weighted by Gasteiger charge is 2.34. The summed E-state index contributed by atoms with van der Waals surface area (Å²) in [5, 5.41) is 2.67. The van der Waals surface area contributed by atoms with Crippen molar-refractivity contribution in [3.8, 4) is 0 Å². The molecular weight excluding hydrogens is 447 g/mol. The van der Waals surface area contributed by atoms with E-state index in [4.69, 9.17) is 0 Å². The molecule has 0 saturated carbocycles. The number of rotatable bonds is 5. The van der Waals surface area contributed by atoms with Gasteiger partial charge in [0.15, 0.2) is 0 Å². The Hall–Kier alpha value is -2.72. The highest BCUT2D eigenvalue weighted by atomic mass is 32.2. The van der Waals surface area contributed by atoms with Crippen molar-refractivity contribution in [2.75, 3.05) is 31.5 Å². The third kappa shape index (κ3) is 5.27. The van der Waals surface area contributed by atoms with Crippen LogP contribution in [0.1, 0.15) is 43.1 Å². The quantitative estimate of drug-likeness (QED) is 0.692. The van der Waals surface area contributed by atoms with Gasteiger partial charge in [0.05, 0.1) is 5.92 Å². The van der Waals surface area contributed by atoms with E-state index in [9.17, 15) is 22.4 Å². The molecule has 2 N–H and O–H groups in total. The van der Waals surface area contributed by atoms with Crippen LogP contribution in [0.5, 0.6) is 0 Å². The van der Waals surface area contributed by atoms with Gasteiger partial charge in [-0.2, -0.15) is 4.31 Å². The van der Waals surface area contributed by atoms with Crippen LogP contribution < -0.4 is 5.32 Å². The van der Waals surface area contributed by atoms with Crippen molar-refractivity contribution in [3.63, 3.8) is 0 Å². The van der Waals surface area contributed by atoms with Gasteiger partial charge in [-0.25, -0.2) is 12.8 Å². The summed E-state index contributed by atoms with van der Waals surface area (Å²) < 4.78 is 41.1. The minimum Gasteiger partial charge on any atom is -0.356 e. The second kappa shape index (κ2) is 9.64. The summed E-state index contributed by atoms with van der Waals surface area (Å²) in [7, 11) is -3.87. The largest absolute Gasteiger partial charge is 0.356 e. The summed E-state index contributed by atoms with van der Waals surface area (Å²) in [5.41, 5.74) is 0.585. The Balaban J connectivity index is 1.43. The molecule has 178 valence electrons. The Morgan fingerprint density at radius 3 is 2.61 bits per heavy atom. The number of likely N-dealkylation sites (tertiary alicyclic amines) is 1. The fourth-order valence-corrected chi connectivity index (χ4v) is 5.88. The topological polar surface area (TPSA) is 103 Å². The van der Waals surface area contributed by atoms with Crippen LogP contribution in [0.2, 0.25) is 0 Å². The Kier molecular flexibility index (Phi) is 6.85. The van der Waals surface area contributed by atoms with Crippen molar-refractivity contribution >= 4 is 27.5 Å². The molecular formula is C23H29FN4O4S. The standard InChI is InChI=1S/C23H29FN4O4S/c1-16-7-10-27(11-8-16)23(30)21-13-20(14-25-21)33(31,32)28-9-3-4-17(15-28)22(29)26-19-6-2-5-18(24)12-19/h2,5-6,12-14,16-17,25H,3-4,7-11,15H2,1H3,(H,26,29)/t17-/m1/s1. The molecule has 4 rings (SSSR count). The summed E-state index contributed by atoms with van der Waals surface area (Å²) in [6, 6.07) is 6.96. The minimum absolute atomic E-state index is 0.0161. The summed E-state index contributed by atoms with van der Waals surface area (Å²) >= 11 is 0. The van der Waals surface area contributed by atoms with E-state index < -0.39 is 21.8 Å². The van der Waals surface area contributed by atoms with Gasteiger partial charge < -0.3 is 15.2 Å². The number of carbonyl (C=O) groups is 2. The molecule has 33 heavy (non-hydrogen) atoms. The normalized spacial score (nSPS) is 20.5. The molecule has 0 unspecified atom stereocenters. The fraction of sp³-hybridized carbons (Fsp3) is 0.478. The summed E-state index contributed by atoms with van der Waals surface area (Å²) in [6.45, 7) is 3.81. The van der Waals surface area contributed by atoms with Crippen LogP contribution in [0.25, 0.3) is 0 Å². The van der Waals surface area contributed by atoms with Gasteiger partial charge in [0.25, 0.3) is 5.91 Å². The molecule has 2 amide bonds. The van der Waals surface area contributed by atoms with Gasteiger partial charge in [0, 0.05) is 38.1 Å². The van der Waals surface area contributed by atoms with E-state index in [1.165, 1.54) is 34.8 Å². The molecule has 1 aromatic heterocycles. The monoisotopic (exact) mass is 476 g/mol. The Morgan fingerprint density at radius 1 is 1.12 bits per heavy atom. The first-order chi connectivity index (χ1) is 15.7. The van der Waals surface area contributed by atoms with Gasteiger partial charge in [-0.05, 0) is 55.9 Å². The van der Waals surface area contributed by atoms with Crippen LogP contribution in [-0.4, -0.2) is 60.6 Å². The number of hydrogen-bond donors (Lipinski definition) is 2. The maximum atomic E-state index is 13.4. The number of benzene rings is 1. The Labute approximate surface area is 193 Å². The molecule has 0 aliphatic carbocycles. The zero-order valence-electron chi connectivity index (χ0n) is 18.6. The smallest absolute Gasteiger partial charge is 0.270 e. The number of nitrogens with zero attached hydrogens (tertiary/aromatic N) is 2. The van der Waals surface area contributed by atoms with Crippen LogP contribution in [-0.2, 0) is 14.8 Å². The average Bonchev–Trinajstić information content (AvgIpc) is 3.30. The van der Waals surface area contributed by atoms with Gasteiger partial charge in [-0.3, -0.25) is 9.59 Å². The van der Waals surface area contributed by atoms with Crippen LogP contribution in [0, 0.1) is 17.7 Å². The van der Waals surface area contributed by atoms with E-state index in [1.807, 2.05) is 0 Å². The number of piperidine rings is 2. The highest BCUT2D eigenvalue weighted by molar-refractivity contribution is 7.89. The number of aromatic amines is 1. The highest BCUT2D eigenvalue weighted by Crippen LogP contribution is 2.26. The van der Waals surface area contributed by atoms with Crippen molar-refractivity contribution in [1.29, 1.82) is 0 Å². The molecule has 2 aliphatic rings. The van der Waals surface area contributed by atoms with Gasteiger partial charge >= 0.3 is 0 Å². The third-order valence-corrected chi connectivity index (χ3v) is 8.29. The molecule has 1 atom stereocenters. The zero-order valence-corrected chi connectivity index (χ0v) is 19.4. The number of anilines is 1. The predicted molar refractivity (Wildman–Crippen MR) is 122 cm³/mol. The lowest BCUT2D eigenvalue weighted by atomic mass is 9.99. The first-order valence-electron chi connectivity index (χ1n) is 11.3. The van der Waals surface area contributed by atoms with Crippen LogP contribution in [0.4, 0.5) is 10.1 Å². The number of hydrogen-bond acceptors (Lipinski definition) is 4. The fourth-order valence-electron chi connectivity index (χ4n) is 4.36. The zero-order chi connectivity index (χ0) is 23.6. The first-order valence-corrected chi connectivity index (χ1v) is 12.7. The van der Waals surface area contributed by atoms with Crippen molar-refractivity contribution in [1.82, 2.24) is 14.2 Å². The van der Waals surface area contributed by atoms with E-state index in [0.717, 1.165) is 12.8 Å². The molecule has 10 heteroatoms. The van der Waals surface area contributed by atoms with E-state index in [2.05, 4.69) is 17.2 Å². The molecule has 1 aromatic carbocycles. The molecule has 0 spiro atoms. The van der Waals surface area contributed by atoms with Crippen LogP contribution in [0.15, 0.2) is 41.4 Å². The SMILES string of the molecule is CC1CCN(C(=O)c2cc(S(=O)(=O)N3CCC[C@@H](C(=O)Nc4cccc(F)c4)C3)c[nH]2)CC1. The number of sulfonamides is 1. The van der Waals surface area contributed by atoms with Gasteiger partial charge in [-0.15, -0.1) is 0 Å². The first kappa shape index (κ1) is 23.4. The lowest BCUT2D eigenvalue weighted by Gasteiger charge is -2.31. The summed E-state index contributed by atoms with van der Waals surface area (Å²) in [4.78, 5) is 30.0. The van der Waals surface area contributed by atoms with Crippen LogP contribution in [0.3, 0.4) is 0 Å². The second-order valence-corrected chi connectivity index (χ2v) is 10.9. The molecule has 2 fully saturated rings. The number of H-pyrrole nitrogens is 1. The van der Waals surface area contributed by atoms with Gasteiger partial charge in [0.2, 0.25) is 15.9 Å². The van der Waals surface area contributed by atoms with E-state index in [1.54, 1.807) is 11.0 Å². The molecule has 2 aliphatic heterocycles.